The zero-order valence-electron chi connectivity index (χ0n) is 36.5. The normalized spacial score (nSPS) is 13.6. The number of unbranched alkanes of at least 4 members (excludes halogenated alkanes) is 15. The molecule has 1 fully saturated rings. The number of ether oxygens (including phenoxy) is 5. The molecular formula is C47H76N6O6. The molecule has 0 saturated carbocycles. The van der Waals surface area contributed by atoms with Gasteiger partial charge >= 0.3 is 0 Å². The Hall–Kier alpha value is -3.26. The summed E-state index contributed by atoms with van der Waals surface area (Å²) >= 11 is 0. The van der Waals surface area contributed by atoms with Crippen LogP contribution in [0.2, 0.25) is 0 Å². The SMILES string of the molecule is CCCCCCCCCCCCCCCCCCOc1ccc(Cn2cc(COCCOCCOCCOCCN3CCN(Cc4cccc(C=O)n4)CC3)nn2)cc1. The number of rotatable bonds is 37. The van der Waals surface area contributed by atoms with Crippen LogP contribution in [0.5, 0.6) is 5.75 Å². The molecule has 0 N–H and O–H groups in total. The van der Waals surface area contributed by atoms with Gasteiger partial charge in [0, 0.05) is 39.3 Å². The first-order valence-electron chi connectivity index (χ1n) is 23.0. The van der Waals surface area contributed by atoms with Crippen LogP contribution >= 0.6 is 0 Å². The third-order valence-electron chi connectivity index (χ3n) is 10.8. The van der Waals surface area contributed by atoms with Gasteiger partial charge in [0.05, 0.1) is 77.9 Å². The van der Waals surface area contributed by atoms with Crippen molar-refractivity contribution in [2.45, 2.75) is 129 Å². The maximum absolute atomic E-state index is 11.0. The van der Waals surface area contributed by atoms with Crippen molar-refractivity contribution in [3.63, 3.8) is 0 Å². The Labute approximate surface area is 355 Å². The number of aromatic nitrogens is 4. The number of nitrogens with zero attached hydrogens (tertiary/aromatic N) is 6. The molecule has 1 saturated heterocycles. The second-order valence-electron chi connectivity index (χ2n) is 15.9. The lowest BCUT2D eigenvalue weighted by Crippen LogP contribution is -2.46. The minimum Gasteiger partial charge on any atom is -0.494 e. The van der Waals surface area contributed by atoms with Gasteiger partial charge in [-0.1, -0.05) is 127 Å². The summed E-state index contributed by atoms with van der Waals surface area (Å²) in [4.78, 5) is 20.2. The quantitative estimate of drug-likeness (QED) is 0.0412. The van der Waals surface area contributed by atoms with Crippen LogP contribution in [0.4, 0.5) is 0 Å². The van der Waals surface area contributed by atoms with E-state index in [-0.39, 0.29) is 0 Å². The summed E-state index contributed by atoms with van der Waals surface area (Å²) in [7, 11) is 0. The predicted octanol–water partition coefficient (Wildman–Crippen LogP) is 8.56. The molecule has 0 amide bonds. The first kappa shape index (κ1) is 48.4. The van der Waals surface area contributed by atoms with E-state index in [2.05, 4.69) is 44.2 Å². The summed E-state index contributed by atoms with van der Waals surface area (Å²) in [5, 5.41) is 8.51. The molecule has 1 aliphatic heterocycles. The first-order valence-corrected chi connectivity index (χ1v) is 23.0. The Morgan fingerprint density at radius 2 is 1.14 bits per heavy atom. The Kier molecular flexibility index (Phi) is 26.7. The number of hydrogen-bond acceptors (Lipinski definition) is 11. The molecule has 2 aromatic heterocycles. The lowest BCUT2D eigenvalue weighted by Gasteiger charge is -2.34. The van der Waals surface area contributed by atoms with Crippen molar-refractivity contribution in [2.24, 2.45) is 0 Å². The lowest BCUT2D eigenvalue weighted by molar-refractivity contribution is -0.00747. The van der Waals surface area contributed by atoms with Crippen molar-refractivity contribution >= 4 is 6.29 Å². The smallest absolute Gasteiger partial charge is 0.168 e. The average Bonchev–Trinajstić information content (AvgIpc) is 3.71. The molecule has 3 heterocycles. The number of carbonyl (C=O) groups is 1. The fourth-order valence-corrected chi connectivity index (χ4v) is 7.28. The molecule has 1 aromatic carbocycles. The fourth-order valence-electron chi connectivity index (χ4n) is 7.28. The molecule has 0 aliphatic carbocycles. The summed E-state index contributed by atoms with van der Waals surface area (Å²) in [6, 6.07) is 13.9. The number of hydrogen-bond donors (Lipinski definition) is 0. The third-order valence-corrected chi connectivity index (χ3v) is 10.8. The van der Waals surface area contributed by atoms with E-state index < -0.39 is 0 Å². The van der Waals surface area contributed by atoms with Gasteiger partial charge in [-0.2, -0.15) is 0 Å². The molecule has 0 unspecified atom stereocenters. The highest BCUT2D eigenvalue weighted by Gasteiger charge is 2.17. The van der Waals surface area contributed by atoms with Crippen LogP contribution in [0.25, 0.3) is 0 Å². The topological polar surface area (TPSA) is 113 Å². The van der Waals surface area contributed by atoms with Gasteiger partial charge in [0.15, 0.2) is 6.29 Å². The van der Waals surface area contributed by atoms with Crippen molar-refractivity contribution in [3.05, 3.63) is 71.3 Å². The van der Waals surface area contributed by atoms with Crippen molar-refractivity contribution in [3.8, 4) is 5.75 Å². The molecule has 12 heteroatoms. The summed E-state index contributed by atoms with van der Waals surface area (Å²) in [5.74, 6) is 0.925. The van der Waals surface area contributed by atoms with Crippen molar-refractivity contribution in [1.29, 1.82) is 0 Å². The van der Waals surface area contributed by atoms with E-state index >= 15 is 0 Å². The standard InChI is InChI=1S/C47H76N6O6/c1-2-3-4-5-6-7-8-9-10-11-12-13-14-15-16-17-30-59-47-23-21-43(22-24-47)38-53-40-46(49-50-53)42-58-37-36-57-35-34-56-33-32-55-31-29-51-25-27-52(28-26-51)39-44-19-18-20-45(41-54)48-44/h18-24,40-41H,2-17,25-39,42H2,1H3. The van der Waals surface area contributed by atoms with Crippen LogP contribution in [0.15, 0.2) is 48.7 Å². The Morgan fingerprint density at radius 1 is 0.576 bits per heavy atom. The second-order valence-corrected chi connectivity index (χ2v) is 15.9. The Balaban J connectivity index is 0.875. The molecule has 59 heavy (non-hydrogen) atoms. The van der Waals surface area contributed by atoms with Gasteiger partial charge in [-0.25, -0.2) is 9.67 Å². The van der Waals surface area contributed by atoms with Crippen molar-refractivity contribution < 1.29 is 28.5 Å². The summed E-state index contributed by atoms with van der Waals surface area (Å²) in [6.07, 6.45) is 24.8. The van der Waals surface area contributed by atoms with E-state index in [9.17, 15) is 4.79 Å². The number of piperazine rings is 1. The molecule has 1 aliphatic rings. The molecule has 330 valence electrons. The van der Waals surface area contributed by atoms with Gasteiger partial charge in [0.1, 0.15) is 17.1 Å². The molecular weight excluding hydrogens is 745 g/mol. The third kappa shape index (κ3) is 23.4. The molecule has 0 atom stereocenters. The van der Waals surface area contributed by atoms with Crippen LogP contribution in [-0.4, -0.2) is 122 Å². The fraction of sp³-hybridized carbons (Fsp3) is 0.702. The van der Waals surface area contributed by atoms with E-state index in [0.29, 0.717) is 65.1 Å². The predicted molar refractivity (Wildman–Crippen MR) is 234 cm³/mol. The highest BCUT2D eigenvalue weighted by Crippen LogP contribution is 2.16. The Morgan fingerprint density at radius 3 is 1.75 bits per heavy atom. The zero-order valence-corrected chi connectivity index (χ0v) is 36.5. The number of pyridine rings is 1. The van der Waals surface area contributed by atoms with Gasteiger partial charge in [0.25, 0.3) is 0 Å². The molecule has 4 rings (SSSR count). The van der Waals surface area contributed by atoms with Crippen molar-refractivity contribution in [1.82, 2.24) is 29.8 Å². The van der Waals surface area contributed by atoms with Crippen LogP contribution in [0, 0.1) is 0 Å². The van der Waals surface area contributed by atoms with Gasteiger partial charge in [0.2, 0.25) is 0 Å². The monoisotopic (exact) mass is 821 g/mol. The van der Waals surface area contributed by atoms with Crippen LogP contribution in [0.3, 0.4) is 0 Å². The Bertz CT molecular complexity index is 1450. The molecule has 0 radical (unpaired) electrons. The average molecular weight is 821 g/mol. The van der Waals surface area contributed by atoms with Gasteiger partial charge in [-0.05, 0) is 36.2 Å². The van der Waals surface area contributed by atoms with Gasteiger partial charge in [-0.15, -0.1) is 5.10 Å². The van der Waals surface area contributed by atoms with E-state index in [4.69, 9.17) is 23.7 Å². The summed E-state index contributed by atoms with van der Waals surface area (Å²) in [6.45, 7) is 13.6. The minimum absolute atomic E-state index is 0.396. The molecule has 0 bridgehead atoms. The molecule has 12 nitrogen and oxygen atoms in total. The highest BCUT2D eigenvalue weighted by molar-refractivity contribution is 5.71. The molecule has 3 aromatic rings. The van der Waals surface area contributed by atoms with Gasteiger partial charge < -0.3 is 23.7 Å². The number of carbonyl (C=O) groups excluding carboxylic acids is 1. The number of aldehydes is 1. The van der Waals surface area contributed by atoms with Gasteiger partial charge in [-0.3, -0.25) is 14.6 Å². The summed E-state index contributed by atoms with van der Waals surface area (Å²) in [5.41, 5.74) is 3.38. The summed E-state index contributed by atoms with van der Waals surface area (Å²) < 4.78 is 30.6. The minimum atomic E-state index is 0.396. The second kappa shape index (κ2) is 32.5. The first-order chi connectivity index (χ1) is 29.2. The largest absolute Gasteiger partial charge is 0.494 e. The zero-order chi connectivity index (χ0) is 41.3. The highest BCUT2D eigenvalue weighted by atomic mass is 16.6. The van der Waals surface area contributed by atoms with Crippen LogP contribution in [0.1, 0.15) is 137 Å². The maximum Gasteiger partial charge on any atom is 0.168 e. The molecule has 0 spiro atoms. The number of benzene rings is 1. The van der Waals surface area contributed by atoms with E-state index in [1.165, 1.54) is 96.3 Å². The van der Waals surface area contributed by atoms with Crippen LogP contribution < -0.4 is 4.74 Å². The van der Waals surface area contributed by atoms with Crippen molar-refractivity contribution in [2.75, 3.05) is 85.6 Å². The lowest BCUT2D eigenvalue weighted by atomic mass is 10.0. The van der Waals surface area contributed by atoms with E-state index in [1.54, 1.807) is 6.07 Å². The van der Waals surface area contributed by atoms with E-state index in [1.807, 2.05) is 35.1 Å². The van der Waals surface area contributed by atoms with Crippen LogP contribution in [-0.2, 0) is 38.6 Å². The van der Waals surface area contributed by atoms with E-state index in [0.717, 1.165) is 81.3 Å². The maximum atomic E-state index is 11.0.